The maximum absolute atomic E-state index is 13.0. The number of hydrogen-bond donors (Lipinski definition) is 1. The van der Waals surface area contributed by atoms with Crippen LogP contribution in [0.2, 0.25) is 0 Å². The molecular weight excluding hydrogens is 333 g/mol. The molecular formula is C17H17F3N4O. The van der Waals surface area contributed by atoms with Crippen LogP contribution in [-0.2, 0) is 6.18 Å². The van der Waals surface area contributed by atoms with Crippen molar-refractivity contribution < 1.29 is 13.2 Å². The largest absolute Gasteiger partial charge is 0.433 e. The summed E-state index contributed by atoms with van der Waals surface area (Å²) < 4.78 is 40.3. The maximum atomic E-state index is 13.0. The topological polar surface area (TPSA) is 59.3 Å². The standard InChI is InChI=1S/C17H17F3N4O/c1-3-22-13(10-4-5-10)9-24-15(25)8-12(21-2)11-6-7-14(17(18,19)20)23-16(11)24/h3,6-10,21H,4-5H2,1-2H3/b13-9+,22-3-. The van der Waals surface area contributed by atoms with Crippen LogP contribution in [0.5, 0.6) is 0 Å². The Balaban J connectivity index is 2.31. The molecule has 132 valence electrons. The Kier molecular flexibility index (Phi) is 4.36. The van der Waals surface area contributed by atoms with E-state index in [1.54, 1.807) is 20.2 Å². The molecule has 2 heterocycles. The molecule has 0 aliphatic heterocycles. The summed E-state index contributed by atoms with van der Waals surface area (Å²) in [7, 11) is 1.60. The molecule has 0 aromatic carbocycles. The first-order valence-electron chi connectivity index (χ1n) is 7.86. The number of anilines is 1. The number of fused-ring (bicyclic) bond motifs is 1. The lowest BCUT2D eigenvalue weighted by Crippen LogP contribution is -2.19. The number of pyridine rings is 2. The highest BCUT2D eigenvalue weighted by Gasteiger charge is 2.33. The summed E-state index contributed by atoms with van der Waals surface area (Å²) in [5, 5.41) is 3.26. The molecule has 0 saturated heterocycles. The number of hydrogen-bond acceptors (Lipinski definition) is 4. The minimum atomic E-state index is -4.59. The second kappa shape index (κ2) is 6.34. The monoisotopic (exact) mass is 350 g/mol. The van der Waals surface area contributed by atoms with E-state index in [0.717, 1.165) is 23.5 Å². The lowest BCUT2D eigenvalue weighted by Gasteiger charge is -2.13. The Labute approximate surface area is 141 Å². The van der Waals surface area contributed by atoms with Gasteiger partial charge < -0.3 is 5.32 Å². The molecule has 1 aliphatic carbocycles. The molecule has 8 heteroatoms. The van der Waals surface area contributed by atoms with E-state index in [4.69, 9.17) is 0 Å². The van der Waals surface area contributed by atoms with E-state index < -0.39 is 17.4 Å². The van der Waals surface area contributed by atoms with E-state index in [9.17, 15) is 18.0 Å². The van der Waals surface area contributed by atoms with Crippen LogP contribution in [0.3, 0.4) is 0 Å². The number of nitrogens with zero attached hydrogens (tertiary/aromatic N) is 3. The molecule has 5 nitrogen and oxygen atoms in total. The number of aliphatic imine (C=N–C) groups is 1. The van der Waals surface area contributed by atoms with Crippen molar-refractivity contribution in [2.45, 2.75) is 25.9 Å². The van der Waals surface area contributed by atoms with Crippen LogP contribution >= 0.6 is 0 Å². The molecule has 0 spiro atoms. The van der Waals surface area contributed by atoms with Crippen molar-refractivity contribution in [3.63, 3.8) is 0 Å². The minimum Gasteiger partial charge on any atom is -0.387 e. The van der Waals surface area contributed by atoms with Gasteiger partial charge in [0.05, 0.1) is 11.4 Å². The van der Waals surface area contributed by atoms with Crippen LogP contribution in [0.25, 0.3) is 17.2 Å². The summed E-state index contributed by atoms with van der Waals surface area (Å²) in [4.78, 5) is 20.4. The third-order valence-electron chi connectivity index (χ3n) is 3.99. The number of nitrogens with one attached hydrogen (secondary N) is 1. The molecule has 0 atom stereocenters. The predicted octanol–water partition coefficient (Wildman–Crippen LogP) is 3.76. The van der Waals surface area contributed by atoms with Gasteiger partial charge in [0, 0.05) is 36.8 Å². The zero-order valence-electron chi connectivity index (χ0n) is 13.8. The van der Waals surface area contributed by atoms with Gasteiger partial charge in [-0.1, -0.05) is 0 Å². The summed E-state index contributed by atoms with van der Waals surface area (Å²) >= 11 is 0. The van der Waals surface area contributed by atoms with Crippen molar-refractivity contribution in [2.24, 2.45) is 10.9 Å². The van der Waals surface area contributed by atoms with Crippen LogP contribution in [0, 0.1) is 5.92 Å². The van der Waals surface area contributed by atoms with Crippen molar-refractivity contribution >= 4 is 29.1 Å². The number of halogens is 3. The number of aromatic nitrogens is 2. The lowest BCUT2D eigenvalue weighted by atomic mass is 10.2. The Morgan fingerprint density at radius 1 is 1.40 bits per heavy atom. The van der Waals surface area contributed by atoms with Crippen molar-refractivity contribution in [3.8, 4) is 0 Å². The van der Waals surface area contributed by atoms with Crippen molar-refractivity contribution in [2.75, 3.05) is 12.4 Å². The number of allylic oxidation sites excluding steroid dienone is 1. The average Bonchev–Trinajstić information content (AvgIpc) is 3.39. The van der Waals surface area contributed by atoms with Gasteiger partial charge in [0.2, 0.25) is 0 Å². The molecule has 1 saturated carbocycles. The normalized spacial score (nSPS) is 16.0. The zero-order chi connectivity index (χ0) is 18.2. The van der Waals surface area contributed by atoms with Crippen LogP contribution in [0.4, 0.5) is 18.9 Å². The third-order valence-corrected chi connectivity index (χ3v) is 3.99. The fraction of sp³-hybridized carbons (Fsp3) is 0.353. The average molecular weight is 350 g/mol. The second-order valence-electron chi connectivity index (χ2n) is 5.80. The van der Waals surface area contributed by atoms with E-state index in [-0.39, 0.29) is 11.6 Å². The highest BCUT2D eigenvalue weighted by atomic mass is 19.4. The Morgan fingerprint density at radius 3 is 2.68 bits per heavy atom. The molecule has 1 fully saturated rings. The van der Waals surface area contributed by atoms with Gasteiger partial charge >= 0.3 is 6.18 Å². The summed E-state index contributed by atoms with van der Waals surface area (Å²) in [5.74, 6) is 0.230. The first-order valence-corrected chi connectivity index (χ1v) is 7.86. The van der Waals surface area contributed by atoms with E-state index in [1.807, 2.05) is 0 Å². The van der Waals surface area contributed by atoms with E-state index >= 15 is 0 Å². The second-order valence-corrected chi connectivity index (χ2v) is 5.80. The number of alkyl halides is 3. The predicted molar refractivity (Wildman–Crippen MR) is 91.7 cm³/mol. The van der Waals surface area contributed by atoms with Crippen molar-refractivity contribution in [1.82, 2.24) is 9.55 Å². The van der Waals surface area contributed by atoms with Crippen LogP contribution in [0.15, 0.2) is 33.7 Å². The van der Waals surface area contributed by atoms with Gasteiger partial charge in [-0.2, -0.15) is 13.2 Å². The summed E-state index contributed by atoms with van der Waals surface area (Å²) in [6.45, 7) is 1.75. The fourth-order valence-electron chi connectivity index (χ4n) is 2.61. The van der Waals surface area contributed by atoms with Crippen molar-refractivity contribution in [1.29, 1.82) is 0 Å². The molecule has 1 N–H and O–H groups in total. The summed E-state index contributed by atoms with van der Waals surface area (Å²) in [6.07, 6.45) is 0.412. The Hall–Kier alpha value is -2.64. The molecule has 3 rings (SSSR count). The van der Waals surface area contributed by atoms with Gasteiger partial charge in [-0.05, 0) is 31.9 Å². The highest BCUT2D eigenvalue weighted by molar-refractivity contribution is 5.90. The zero-order valence-corrected chi connectivity index (χ0v) is 13.8. The molecule has 1 aliphatic rings. The Morgan fingerprint density at radius 2 is 2.12 bits per heavy atom. The minimum absolute atomic E-state index is 0.0453. The first-order chi connectivity index (χ1) is 11.8. The van der Waals surface area contributed by atoms with E-state index in [0.29, 0.717) is 16.8 Å². The van der Waals surface area contributed by atoms with E-state index in [2.05, 4.69) is 15.3 Å². The summed E-state index contributed by atoms with van der Waals surface area (Å²) in [5.41, 5.74) is -0.453. The Bertz CT molecular complexity index is 924. The third kappa shape index (κ3) is 3.42. The molecule has 25 heavy (non-hydrogen) atoms. The molecule has 2 aromatic rings. The van der Waals surface area contributed by atoms with Gasteiger partial charge in [0.15, 0.2) is 0 Å². The number of rotatable bonds is 4. The van der Waals surface area contributed by atoms with Crippen LogP contribution < -0.4 is 10.9 Å². The molecule has 0 bridgehead atoms. The van der Waals surface area contributed by atoms with Crippen LogP contribution in [0.1, 0.15) is 25.5 Å². The molecule has 0 amide bonds. The fourth-order valence-corrected chi connectivity index (χ4v) is 2.61. The van der Waals surface area contributed by atoms with Gasteiger partial charge in [0.25, 0.3) is 5.56 Å². The van der Waals surface area contributed by atoms with Gasteiger partial charge in [-0.15, -0.1) is 0 Å². The van der Waals surface area contributed by atoms with Gasteiger partial charge in [-0.3, -0.25) is 14.4 Å². The molecule has 0 radical (unpaired) electrons. The smallest absolute Gasteiger partial charge is 0.387 e. The quantitative estimate of drug-likeness (QED) is 0.854. The van der Waals surface area contributed by atoms with Gasteiger partial charge in [-0.25, -0.2) is 4.98 Å². The van der Waals surface area contributed by atoms with E-state index in [1.165, 1.54) is 18.3 Å². The van der Waals surface area contributed by atoms with Gasteiger partial charge in [0.1, 0.15) is 11.3 Å². The SMILES string of the molecule is C/C=N\C(=C\n1c(=O)cc(NC)c2ccc(C(F)(F)F)nc21)C1CC1. The molecule has 2 aromatic heterocycles. The molecule has 0 unspecified atom stereocenters. The lowest BCUT2D eigenvalue weighted by molar-refractivity contribution is -0.141. The van der Waals surface area contributed by atoms with Crippen LogP contribution in [-0.4, -0.2) is 22.8 Å². The highest BCUT2D eigenvalue weighted by Crippen LogP contribution is 2.37. The maximum Gasteiger partial charge on any atom is 0.433 e. The first kappa shape index (κ1) is 17.2. The van der Waals surface area contributed by atoms with Crippen molar-refractivity contribution in [3.05, 3.63) is 39.9 Å². The summed E-state index contributed by atoms with van der Waals surface area (Å²) in [6, 6.07) is 3.57.